The van der Waals surface area contributed by atoms with Crippen molar-refractivity contribution < 1.29 is 9.84 Å². The molecule has 0 radical (unpaired) electrons. The third-order valence-electron chi connectivity index (χ3n) is 5.51. The van der Waals surface area contributed by atoms with Crippen molar-refractivity contribution in [2.75, 3.05) is 25.1 Å². The number of piperidine rings is 1. The number of anilines is 1. The minimum atomic E-state index is -0.501. The Bertz CT molecular complexity index is 482. The average molecular weight is 289 g/mol. The molecule has 1 atom stereocenters. The zero-order valence-corrected chi connectivity index (χ0v) is 13.3. The van der Waals surface area contributed by atoms with Gasteiger partial charge in [0.2, 0.25) is 0 Å². The minimum absolute atomic E-state index is 0.501. The quantitative estimate of drug-likeness (QED) is 0.915. The fourth-order valence-corrected chi connectivity index (χ4v) is 4.25. The normalized spacial score (nSPS) is 22.5. The van der Waals surface area contributed by atoms with Gasteiger partial charge in [0.25, 0.3) is 0 Å². The molecule has 1 aliphatic heterocycles. The third-order valence-corrected chi connectivity index (χ3v) is 5.51. The summed E-state index contributed by atoms with van der Waals surface area (Å²) in [5, 5.41) is 10.1. The molecule has 1 saturated carbocycles. The van der Waals surface area contributed by atoms with Crippen LogP contribution in [0, 0.1) is 5.41 Å². The van der Waals surface area contributed by atoms with Gasteiger partial charge in [-0.1, -0.05) is 18.9 Å². The highest BCUT2D eigenvalue weighted by Gasteiger charge is 2.37. The van der Waals surface area contributed by atoms with E-state index in [4.69, 9.17) is 4.74 Å². The number of ether oxygens (including phenoxy) is 1. The first-order valence-electron chi connectivity index (χ1n) is 8.25. The van der Waals surface area contributed by atoms with E-state index in [0.29, 0.717) is 5.41 Å². The van der Waals surface area contributed by atoms with Crippen molar-refractivity contribution in [3.63, 3.8) is 0 Å². The van der Waals surface area contributed by atoms with Gasteiger partial charge >= 0.3 is 0 Å². The Kier molecular flexibility index (Phi) is 4.12. The standard InChI is InChI=1S/C18H27NO2/c1-14(20)17-15(6-5-7-16(17)21-2)19-12-10-18(11-13-19)8-3-4-9-18/h5-7,14,20H,3-4,8-13H2,1-2H3/t14-/m1/s1. The number of rotatable bonds is 3. The first-order valence-corrected chi connectivity index (χ1v) is 8.25. The number of benzene rings is 1. The Morgan fingerprint density at radius 1 is 1.14 bits per heavy atom. The molecule has 1 aromatic rings. The molecule has 3 nitrogen and oxygen atoms in total. The molecule has 1 aliphatic carbocycles. The summed E-state index contributed by atoms with van der Waals surface area (Å²) in [6.07, 6.45) is 7.76. The molecule has 0 unspecified atom stereocenters. The Balaban J connectivity index is 1.81. The molecule has 116 valence electrons. The van der Waals surface area contributed by atoms with Crippen LogP contribution in [-0.4, -0.2) is 25.3 Å². The summed E-state index contributed by atoms with van der Waals surface area (Å²) in [5.41, 5.74) is 2.71. The van der Waals surface area contributed by atoms with Crippen LogP contribution < -0.4 is 9.64 Å². The van der Waals surface area contributed by atoms with E-state index in [2.05, 4.69) is 11.0 Å². The molecule has 1 N–H and O–H groups in total. The Hall–Kier alpha value is -1.22. The largest absolute Gasteiger partial charge is 0.496 e. The SMILES string of the molecule is COc1cccc(N2CCC3(CCCC3)CC2)c1[C@@H](C)O. The summed E-state index contributed by atoms with van der Waals surface area (Å²) >= 11 is 0. The van der Waals surface area contributed by atoms with Gasteiger partial charge in [0, 0.05) is 24.3 Å². The van der Waals surface area contributed by atoms with E-state index in [0.717, 1.165) is 30.1 Å². The summed E-state index contributed by atoms with van der Waals surface area (Å²) in [5.74, 6) is 0.795. The molecule has 21 heavy (non-hydrogen) atoms. The van der Waals surface area contributed by atoms with Gasteiger partial charge in [0.15, 0.2) is 0 Å². The molecular formula is C18H27NO2. The van der Waals surface area contributed by atoms with E-state index >= 15 is 0 Å². The third kappa shape index (κ3) is 2.76. The second-order valence-electron chi connectivity index (χ2n) is 6.76. The highest BCUT2D eigenvalue weighted by Crippen LogP contribution is 2.47. The fraction of sp³-hybridized carbons (Fsp3) is 0.667. The van der Waals surface area contributed by atoms with Crippen molar-refractivity contribution >= 4 is 5.69 Å². The first-order chi connectivity index (χ1) is 10.2. The van der Waals surface area contributed by atoms with Gasteiger partial charge in [0.05, 0.1) is 13.2 Å². The molecule has 1 spiro atoms. The Morgan fingerprint density at radius 2 is 1.81 bits per heavy atom. The van der Waals surface area contributed by atoms with Crippen LogP contribution >= 0.6 is 0 Å². The van der Waals surface area contributed by atoms with Crippen LogP contribution in [0.5, 0.6) is 5.75 Å². The Morgan fingerprint density at radius 3 is 2.38 bits per heavy atom. The van der Waals surface area contributed by atoms with Crippen LogP contribution in [0.15, 0.2) is 18.2 Å². The second kappa shape index (κ2) is 5.88. The lowest BCUT2D eigenvalue weighted by Crippen LogP contribution is -2.39. The average Bonchev–Trinajstić information content (AvgIpc) is 2.95. The van der Waals surface area contributed by atoms with Crippen LogP contribution in [-0.2, 0) is 0 Å². The van der Waals surface area contributed by atoms with Crippen LogP contribution in [0.1, 0.15) is 57.1 Å². The number of nitrogens with zero attached hydrogens (tertiary/aromatic N) is 1. The lowest BCUT2D eigenvalue weighted by atomic mass is 9.77. The van der Waals surface area contributed by atoms with Crippen LogP contribution in [0.4, 0.5) is 5.69 Å². The van der Waals surface area contributed by atoms with E-state index in [1.165, 1.54) is 38.5 Å². The number of aliphatic hydroxyl groups excluding tert-OH is 1. The fourth-order valence-electron chi connectivity index (χ4n) is 4.25. The van der Waals surface area contributed by atoms with Crippen molar-refractivity contribution in [3.05, 3.63) is 23.8 Å². The van der Waals surface area contributed by atoms with Crippen molar-refractivity contribution in [2.24, 2.45) is 5.41 Å². The molecule has 3 heteroatoms. The molecule has 1 aromatic carbocycles. The summed E-state index contributed by atoms with van der Waals surface area (Å²) in [6, 6.07) is 6.09. The summed E-state index contributed by atoms with van der Waals surface area (Å²) in [6.45, 7) is 4.03. The van der Waals surface area contributed by atoms with E-state index in [1.54, 1.807) is 7.11 Å². The molecule has 2 fully saturated rings. The molecule has 2 aliphatic rings. The predicted octanol–water partition coefficient (Wildman–Crippen LogP) is 3.91. The van der Waals surface area contributed by atoms with Gasteiger partial charge in [-0.15, -0.1) is 0 Å². The molecule has 1 heterocycles. The smallest absolute Gasteiger partial charge is 0.126 e. The molecule has 0 aromatic heterocycles. The van der Waals surface area contributed by atoms with Crippen molar-refractivity contribution in [1.82, 2.24) is 0 Å². The van der Waals surface area contributed by atoms with Crippen molar-refractivity contribution in [1.29, 1.82) is 0 Å². The molecule has 1 saturated heterocycles. The predicted molar refractivity (Wildman–Crippen MR) is 86.0 cm³/mol. The van der Waals surface area contributed by atoms with Gasteiger partial charge < -0.3 is 14.7 Å². The van der Waals surface area contributed by atoms with E-state index in [1.807, 2.05) is 19.1 Å². The number of hydrogen-bond donors (Lipinski definition) is 1. The second-order valence-corrected chi connectivity index (χ2v) is 6.76. The molecule has 3 rings (SSSR count). The maximum Gasteiger partial charge on any atom is 0.126 e. The van der Waals surface area contributed by atoms with E-state index in [9.17, 15) is 5.11 Å². The van der Waals surface area contributed by atoms with Crippen LogP contribution in [0.25, 0.3) is 0 Å². The zero-order valence-electron chi connectivity index (χ0n) is 13.3. The van der Waals surface area contributed by atoms with Crippen LogP contribution in [0.3, 0.4) is 0 Å². The van der Waals surface area contributed by atoms with Gasteiger partial charge in [-0.25, -0.2) is 0 Å². The van der Waals surface area contributed by atoms with Crippen molar-refractivity contribution in [3.8, 4) is 5.75 Å². The number of aliphatic hydroxyl groups is 1. The maximum atomic E-state index is 10.1. The minimum Gasteiger partial charge on any atom is -0.496 e. The Labute approximate surface area is 127 Å². The molecular weight excluding hydrogens is 262 g/mol. The summed E-state index contributed by atoms with van der Waals surface area (Å²) in [7, 11) is 1.68. The molecule has 0 bridgehead atoms. The monoisotopic (exact) mass is 289 g/mol. The number of hydrogen-bond acceptors (Lipinski definition) is 3. The van der Waals surface area contributed by atoms with Gasteiger partial charge in [0.1, 0.15) is 5.75 Å². The maximum absolute atomic E-state index is 10.1. The van der Waals surface area contributed by atoms with Crippen LogP contribution in [0.2, 0.25) is 0 Å². The van der Waals surface area contributed by atoms with Gasteiger partial charge in [-0.05, 0) is 50.2 Å². The van der Waals surface area contributed by atoms with E-state index in [-0.39, 0.29) is 0 Å². The lowest BCUT2D eigenvalue weighted by Gasteiger charge is -2.41. The lowest BCUT2D eigenvalue weighted by molar-refractivity contribution is 0.193. The highest BCUT2D eigenvalue weighted by molar-refractivity contribution is 5.60. The highest BCUT2D eigenvalue weighted by atomic mass is 16.5. The number of methoxy groups -OCH3 is 1. The summed E-state index contributed by atoms with van der Waals surface area (Å²) in [4.78, 5) is 2.44. The van der Waals surface area contributed by atoms with Gasteiger partial charge in [-0.2, -0.15) is 0 Å². The summed E-state index contributed by atoms with van der Waals surface area (Å²) < 4.78 is 5.44. The topological polar surface area (TPSA) is 32.7 Å². The van der Waals surface area contributed by atoms with Gasteiger partial charge in [-0.3, -0.25) is 0 Å². The molecule has 0 amide bonds. The van der Waals surface area contributed by atoms with E-state index < -0.39 is 6.10 Å². The first kappa shape index (κ1) is 14.7. The zero-order chi connectivity index (χ0) is 14.9. The van der Waals surface area contributed by atoms with Crippen molar-refractivity contribution in [2.45, 2.75) is 51.6 Å².